The molecule has 0 unspecified atom stereocenters. The van der Waals surface area contributed by atoms with Crippen molar-refractivity contribution in [3.63, 3.8) is 0 Å². The topological polar surface area (TPSA) is 52.6 Å². The molecule has 0 radical (unpaired) electrons. The van der Waals surface area contributed by atoms with Gasteiger partial charge in [-0.1, -0.05) is 46.4 Å². The van der Waals surface area contributed by atoms with E-state index in [0.717, 1.165) is 0 Å². The summed E-state index contributed by atoms with van der Waals surface area (Å²) in [6.07, 6.45) is -0.734. The number of hydrogen-bond acceptors (Lipinski definition) is 4. The Morgan fingerprint density at radius 1 is 0.846 bits per heavy atom. The maximum Gasteiger partial charge on any atom is 0.303 e. The Hall–Kier alpha value is 0.420. The number of fused-ring (bicyclic) bond motifs is 9. The third-order valence-corrected chi connectivity index (χ3v) is 10.6. The van der Waals surface area contributed by atoms with Crippen LogP contribution in [0.3, 0.4) is 0 Å². The van der Waals surface area contributed by atoms with Gasteiger partial charge >= 0.3 is 11.9 Å². The lowest BCUT2D eigenvalue weighted by atomic mass is 9.70. The Labute approximate surface area is 180 Å². The van der Waals surface area contributed by atoms with Crippen LogP contribution in [-0.2, 0) is 19.1 Å². The number of carbonyl (C=O) groups excluding carboxylic acids is 2. The molecule has 144 valence electrons. The van der Waals surface area contributed by atoms with Crippen molar-refractivity contribution in [3.8, 4) is 0 Å². The van der Waals surface area contributed by atoms with Crippen molar-refractivity contribution in [2.45, 2.75) is 46.6 Å². The third kappa shape index (κ3) is 1.97. The molecular weight excluding hydrogens is 469 g/mol. The smallest absolute Gasteiger partial charge is 0.303 e. The number of carbonyl (C=O) groups is 2. The van der Waals surface area contributed by atoms with Crippen LogP contribution >= 0.6 is 69.6 Å². The van der Waals surface area contributed by atoms with Gasteiger partial charge in [0.1, 0.15) is 22.0 Å². The van der Waals surface area contributed by atoms with Gasteiger partial charge in [0.25, 0.3) is 0 Å². The zero-order valence-electron chi connectivity index (χ0n) is 13.6. The molecule has 0 N–H and O–H groups in total. The van der Waals surface area contributed by atoms with Crippen LogP contribution < -0.4 is 0 Å². The van der Waals surface area contributed by atoms with E-state index in [-0.39, 0.29) is 33.7 Å². The quantitative estimate of drug-likeness (QED) is 0.328. The Kier molecular flexibility index (Phi) is 4.35. The summed E-state index contributed by atoms with van der Waals surface area (Å²) >= 11 is 39.9. The number of alkyl halides is 4. The lowest BCUT2D eigenvalue weighted by molar-refractivity contribution is -0.175. The van der Waals surface area contributed by atoms with Gasteiger partial charge in [0.05, 0.1) is 10.1 Å². The molecule has 10 heteroatoms. The molecule has 4 aliphatic rings. The van der Waals surface area contributed by atoms with Crippen molar-refractivity contribution in [2.24, 2.45) is 23.7 Å². The van der Waals surface area contributed by atoms with Crippen LogP contribution in [-0.4, -0.2) is 38.2 Å². The molecule has 4 aliphatic carbocycles. The van der Waals surface area contributed by atoms with Crippen LogP contribution in [0.2, 0.25) is 0 Å². The molecule has 0 aromatic rings. The van der Waals surface area contributed by atoms with Gasteiger partial charge < -0.3 is 9.47 Å². The fourth-order valence-electron chi connectivity index (χ4n) is 5.65. The SMILES string of the molecule is CC(=O)O[C@@H]1[C@H]2C[C@@H]([C@H]1OC(C)=O)[C@H]1[C@@H]2[C@@]2(Cl)C(Cl)=C(Cl)[C@]1(Cl)C2(Cl)Cl. The van der Waals surface area contributed by atoms with Gasteiger partial charge in [0.15, 0.2) is 4.33 Å². The summed E-state index contributed by atoms with van der Waals surface area (Å²) in [5.74, 6) is -2.21. The van der Waals surface area contributed by atoms with Crippen molar-refractivity contribution in [3.05, 3.63) is 10.1 Å². The van der Waals surface area contributed by atoms with E-state index in [2.05, 4.69) is 0 Å². The van der Waals surface area contributed by atoms with Gasteiger partial charge in [-0.15, -0.1) is 23.2 Å². The molecule has 0 spiro atoms. The zero-order chi connectivity index (χ0) is 19.4. The molecule has 26 heavy (non-hydrogen) atoms. The van der Waals surface area contributed by atoms with Crippen molar-refractivity contribution >= 4 is 81.5 Å². The van der Waals surface area contributed by atoms with Crippen LogP contribution in [0.1, 0.15) is 20.3 Å². The summed E-state index contributed by atoms with van der Waals surface area (Å²) in [5, 5.41) is 0.250. The number of ether oxygens (including phenoxy) is 2. The van der Waals surface area contributed by atoms with Crippen LogP contribution in [0.4, 0.5) is 0 Å². The predicted octanol–water partition coefficient (Wildman–Crippen LogP) is 4.58. The summed E-state index contributed by atoms with van der Waals surface area (Å²) < 4.78 is 9.32. The molecule has 0 aromatic carbocycles. The van der Waals surface area contributed by atoms with Gasteiger partial charge in [0.2, 0.25) is 0 Å². The molecule has 4 nitrogen and oxygen atoms in total. The highest BCUT2D eigenvalue weighted by molar-refractivity contribution is 6.65. The van der Waals surface area contributed by atoms with E-state index in [1.54, 1.807) is 0 Å². The third-order valence-electron chi connectivity index (χ3n) is 6.29. The second kappa shape index (κ2) is 5.73. The fourth-order valence-corrected chi connectivity index (χ4v) is 8.79. The average molecular weight is 483 g/mol. The Balaban J connectivity index is 1.85. The first kappa shape index (κ1) is 19.7. The van der Waals surface area contributed by atoms with E-state index in [0.29, 0.717) is 6.42 Å². The van der Waals surface area contributed by atoms with E-state index >= 15 is 0 Å². The van der Waals surface area contributed by atoms with Gasteiger partial charge in [0, 0.05) is 25.7 Å². The van der Waals surface area contributed by atoms with E-state index < -0.39 is 38.2 Å². The number of allylic oxidation sites excluding steroid dienone is 2. The summed E-state index contributed by atoms with van der Waals surface area (Å²) in [4.78, 5) is 20.4. The summed E-state index contributed by atoms with van der Waals surface area (Å²) in [5.41, 5.74) is 0. The highest BCUT2D eigenvalue weighted by Crippen LogP contribution is 2.82. The van der Waals surface area contributed by atoms with Gasteiger partial charge in [-0.3, -0.25) is 9.59 Å². The molecule has 0 saturated heterocycles. The number of esters is 2. The van der Waals surface area contributed by atoms with Crippen LogP contribution in [0.5, 0.6) is 0 Å². The van der Waals surface area contributed by atoms with Crippen LogP contribution in [0.15, 0.2) is 10.1 Å². The highest BCUT2D eigenvalue weighted by atomic mass is 35.5. The maximum absolute atomic E-state index is 11.6. The Morgan fingerprint density at radius 3 is 1.50 bits per heavy atom. The second-order valence-electron chi connectivity index (χ2n) is 7.39. The van der Waals surface area contributed by atoms with Gasteiger partial charge in [-0.25, -0.2) is 0 Å². The summed E-state index contributed by atoms with van der Waals surface area (Å²) in [6, 6.07) is 0. The first-order valence-corrected chi connectivity index (χ1v) is 10.3. The average Bonchev–Trinajstić information content (AvgIpc) is 3.12. The second-order valence-corrected chi connectivity index (χ2v) is 10.7. The van der Waals surface area contributed by atoms with E-state index in [1.807, 2.05) is 0 Å². The van der Waals surface area contributed by atoms with Gasteiger partial charge in [-0.2, -0.15) is 0 Å². The summed E-state index contributed by atoms with van der Waals surface area (Å²) in [6.45, 7) is 2.59. The Morgan fingerprint density at radius 2 is 1.19 bits per heavy atom. The largest absolute Gasteiger partial charge is 0.458 e. The number of hydrogen-bond donors (Lipinski definition) is 0. The van der Waals surface area contributed by atoms with Crippen molar-refractivity contribution in [1.82, 2.24) is 0 Å². The molecular formula is C16H14Cl6O4. The first-order chi connectivity index (χ1) is 11.9. The van der Waals surface area contributed by atoms with Crippen molar-refractivity contribution < 1.29 is 19.1 Å². The predicted molar refractivity (Wildman–Crippen MR) is 100 cm³/mol. The van der Waals surface area contributed by atoms with Crippen molar-refractivity contribution in [2.75, 3.05) is 0 Å². The molecule has 4 rings (SSSR count). The first-order valence-electron chi connectivity index (χ1n) is 8.07. The molecule has 3 saturated carbocycles. The minimum Gasteiger partial charge on any atom is -0.458 e. The van der Waals surface area contributed by atoms with E-state index in [4.69, 9.17) is 79.1 Å². The Bertz CT molecular complexity index is 695. The highest BCUT2D eigenvalue weighted by Gasteiger charge is 2.88. The van der Waals surface area contributed by atoms with Crippen LogP contribution in [0.25, 0.3) is 0 Å². The fraction of sp³-hybridized carbons (Fsp3) is 0.750. The molecule has 4 bridgehead atoms. The number of halogens is 6. The van der Waals surface area contributed by atoms with Crippen LogP contribution in [0, 0.1) is 23.7 Å². The molecule has 0 amide bonds. The lowest BCUT2D eigenvalue weighted by Crippen LogP contribution is -2.52. The molecule has 0 aromatic heterocycles. The maximum atomic E-state index is 11.6. The molecule has 0 aliphatic heterocycles. The number of rotatable bonds is 2. The van der Waals surface area contributed by atoms with E-state index in [9.17, 15) is 9.59 Å². The molecule has 0 heterocycles. The zero-order valence-corrected chi connectivity index (χ0v) is 18.1. The van der Waals surface area contributed by atoms with E-state index in [1.165, 1.54) is 13.8 Å². The molecule has 8 atom stereocenters. The standard InChI is InChI=1S/C16H14Cl6O4/c1-4(23)25-10-6-3-7(11(10)26-5(2)24)9-8(6)14(19)12(17)13(18)15(9,20)16(14,21)22/h6-11H,3H2,1-2H3/t6-,7+,8+,9-,10-,11-,14+,15-/m1/s1. The monoisotopic (exact) mass is 480 g/mol. The lowest BCUT2D eigenvalue weighted by Gasteiger charge is -2.44. The van der Waals surface area contributed by atoms with Crippen molar-refractivity contribution in [1.29, 1.82) is 0 Å². The molecule has 3 fully saturated rings. The minimum absolute atomic E-state index is 0.125. The summed E-state index contributed by atoms with van der Waals surface area (Å²) in [7, 11) is 0. The normalized spacial score (nSPS) is 50.2. The van der Waals surface area contributed by atoms with Gasteiger partial charge in [-0.05, 0) is 18.3 Å². The minimum atomic E-state index is -1.66.